The van der Waals surface area contributed by atoms with Crippen LogP contribution in [0.4, 0.5) is 14.5 Å². The Balaban J connectivity index is 2.20. The van der Waals surface area contributed by atoms with Gasteiger partial charge in [0.15, 0.2) is 0 Å². The summed E-state index contributed by atoms with van der Waals surface area (Å²) in [6, 6.07) is 7.91. The van der Waals surface area contributed by atoms with E-state index in [1.807, 2.05) is 0 Å². The van der Waals surface area contributed by atoms with Gasteiger partial charge in [0.05, 0.1) is 17.7 Å². The zero-order valence-electron chi connectivity index (χ0n) is 10.6. The second-order valence-electron chi connectivity index (χ2n) is 4.13. The third kappa shape index (κ3) is 3.85. The Kier molecular flexibility index (Phi) is 4.27. The predicted octanol–water partition coefficient (Wildman–Crippen LogP) is 2.41. The van der Waals surface area contributed by atoms with Gasteiger partial charge in [-0.2, -0.15) is 8.78 Å². The summed E-state index contributed by atoms with van der Waals surface area (Å²) in [5.74, 6) is 0.000129. The minimum Gasteiger partial charge on any atom is -0.435 e. The first-order valence-corrected chi connectivity index (χ1v) is 5.84. The van der Waals surface area contributed by atoms with Crippen molar-refractivity contribution in [3.63, 3.8) is 0 Å². The number of alkyl halides is 2. The minimum atomic E-state index is -2.91. The summed E-state index contributed by atoms with van der Waals surface area (Å²) in [7, 11) is 0. The van der Waals surface area contributed by atoms with Gasteiger partial charge in [0.25, 0.3) is 11.2 Å². The molecule has 0 saturated carbocycles. The highest BCUT2D eigenvalue weighted by Gasteiger charge is 2.08. The normalized spacial score (nSPS) is 10.6. The number of hydrogen-bond donors (Lipinski definition) is 0. The Morgan fingerprint density at radius 1 is 1.19 bits per heavy atom. The quantitative estimate of drug-likeness (QED) is 0.627. The van der Waals surface area contributed by atoms with E-state index in [-0.39, 0.29) is 18.0 Å². The number of nitrogens with zero attached hydrogens (tertiary/aromatic N) is 2. The highest BCUT2D eigenvalue weighted by molar-refractivity contribution is 5.29. The molecule has 0 radical (unpaired) electrons. The molecule has 1 heterocycles. The van der Waals surface area contributed by atoms with E-state index >= 15 is 0 Å². The van der Waals surface area contributed by atoms with E-state index < -0.39 is 17.1 Å². The summed E-state index contributed by atoms with van der Waals surface area (Å²) in [5.41, 5.74) is 0.0278. The van der Waals surface area contributed by atoms with E-state index in [1.165, 1.54) is 28.8 Å². The summed E-state index contributed by atoms with van der Waals surface area (Å²) in [6.45, 7) is -2.81. The largest absolute Gasteiger partial charge is 0.435 e. The molecule has 0 fully saturated rings. The van der Waals surface area contributed by atoms with Crippen LogP contribution in [0.15, 0.2) is 47.4 Å². The molecule has 1 aromatic heterocycles. The maximum Gasteiger partial charge on any atom is 0.387 e. The van der Waals surface area contributed by atoms with Crippen molar-refractivity contribution >= 4 is 5.69 Å². The van der Waals surface area contributed by atoms with Gasteiger partial charge in [-0.15, -0.1) is 0 Å². The Hall–Kier alpha value is -2.77. The van der Waals surface area contributed by atoms with Crippen LogP contribution in [-0.2, 0) is 6.54 Å². The average Bonchev–Trinajstić information content (AvgIpc) is 2.42. The number of pyridine rings is 1. The van der Waals surface area contributed by atoms with Crippen LogP contribution in [0.1, 0.15) is 5.56 Å². The second-order valence-corrected chi connectivity index (χ2v) is 4.13. The monoisotopic (exact) mass is 296 g/mol. The highest BCUT2D eigenvalue weighted by atomic mass is 19.3. The van der Waals surface area contributed by atoms with Crippen LogP contribution in [0.2, 0.25) is 0 Å². The van der Waals surface area contributed by atoms with Crippen molar-refractivity contribution in [2.24, 2.45) is 0 Å². The lowest BCUT2D eigenvalue weighted by atomic mass is 10.2. The van der Waals surface area contributed by atoms with Gasteiger partial charge in [-0.25, -0.2) is 0 Å². The van der Waals surface area contributed by atoms with Crippen LogP contribution in [-0.4, -0.2) is 16.1 Å². The topological polar surface area (TPSA) is 74.4 Å². The Bertz CT molecular complexity index is 698. The number of nitro groups is 1. The van der Waals surface area contributed by atoms with Gasteiger partial charge in [0.1, 0.15) is 5.75 Å². The number of hydrogen-bond acceptors (Lipinski definition) is 4. The molecule has 0 N–H and O–H groups in total. The van der Waals surface area contributed by atoms with E-state index in [0.717, 1.165) is 18.3 Å². The fourth-order valence-electron chi connectivity index (χ4n) is 1.72. The molecule has 0 atom stereocenters. The smallest absolute Gasteiger partial charge is 0.387 e. The van der Waals surface area contributed by atoms with Gasteiger partial charge in [-0.05, 0) is 17.7 Å². The SMILES string of the molecule is O=c1ccc([N+](=O)[O-])cn1Cc1ccc(OC(F)F)cc1. The van der Waals surface area contributed by atoms with Gasteiger partial charge < -0.3 is 9.30 Å². The van der Waals surface area contributed by atoms with E-state index in [1.54, 1.807) is 0 Å². The summed E-state index contributed by atoms with van der Waals surface area (Å²) in [6.07, 6.45) is 1.13. The molecular formula is C13H10F2N2O4. The van der Waals surface area contributed by atoms with Gasteiger partial charge in [-0.1, -0.05) is 12.1 Å². The molecular weight excluding hydrogens is 286 g/mol. The van der Waals surface area contributed by atoms with Gasteiger partial charge >= 0.3 is 6.61 Å². The first-order chi connectivity index (χ1) is 9.95. The van der Waals surface area contributed by atoms with E-state index in [4.69, 9.17) is 0 Å². The molecule has 2 aromatic rings. The van der Waals surface area contributed by atoms with Crippen molar-refractivity contribution in [3.05, 3.63) is 68.6 Å². The molecule has 0 aliphatic heterocycles. The van der Waals surface area contributed by atoms with E-state index in [9.17, 15) is 23.7 Å². The van der Waals surface area contributed by atoms with Crippen LogP contribution >= 0.6 is 0 Å². The van der Waals surface area contributed by atoms with Gasteiger partial charge in [0.2, 0.25) is 0 Å². The van der Waals surface area contributed by atoms with Crippen molar-refractivity contribution in [2.75, 3.05) is 0 Å². The van der Waals surface area contributed by atoms with Crippen LogP contribution in [0.5, 0.6) is 5.75 Å². The van der Waals surface area contributed by atoms with Crippen molar-refractivity contribution in [2.45, 2.75) is 13.2 Å². The molecule has 0 aliphatic carbocycles. The molecule has 0 aliphatic rings. The molecule has 0 amide bonds. The zero-order chi connectivity index (χ0) is 15.4. The maximum atomic E-state index is 12.0. The summed E-state index contributed by atoms with van der Waals surface area (Å²) >= 11 is 0. The standard InChI is InChI=1S/C13H10F2N2O4/c14-13(15)21-11-4-1-9(2-5-11)7-16-8-10(17(19)20)3-6-12(16)18/h1-6,8,13H,7H2. The molecule has 6 nitrogen and oxygen atoms in total. The van der Waals surface area contributed by atoms with Crippen molar-refractivity contribution in [1.82, 2.24) is 4.57 Å². The lowest BCUT2D eigenvalue weighted by molar-refractivity contribution is -0.385. The molecule has 21 heavy (non-hydrogen) atoms. The van der Waals surface area contributed by atoms with Gasteiger partial charge in [-0.3, -0.25) is 14.9 Å². The first-order valence-electron chi connectivity index (χ1n) is 5.84. The Morgan fingerprint density at radius 3 is 2.43 bits per heavy atom. The number of benzene rings is 1. The fraction of sp³-hybridized carbons (Fsp3) is 0.154. The van der Waals surface area contributed by atoms with Crippen LogP contribution < -0.4 is 10.3 Å². The molecule has 0 saturated heterocycles. The van der Waals surface area contributed by atoms with Crippen molar-refractivity contribution in [1.29, 1.82) is 0 Å². The third-order valence-corrected chi connectivity index (χ3v) is 2.68. The van der Waals surface area contributed by atoms with Gasteiger partial charge in [0, 0.05) is 12.1 Å². The number of halogens is 2. The zero-order valence-corrected chi connectivity index (χ0v) is 10.6. The van der Waals surface area contributed by atoms with Crippen LogP contribution in [0.3, 0.4) is 0 Å². The van der Waals surface area contributed by atoms with E-state index in [2.05, 4.69) is 4.74 Å². The predicted molar refractivity (Wildman–Crippen MR) is 69.5 cm³/mol. The van der Waals surface area contributed by atoms with Crippen LogP contribution in [0.25, 0.3) is 0 Å². The Labute approximate surface area is 117 Å². The van der Waals surface area contributed by atoms with Crippen LogP contribution in [0, 0.1) is 10.1 Å². The minimum absolute atomic E-state index is 0.000129. The molecule has 110 valence electrons. The second kappa shape index (κ2) is 6.12. The lowest BCUT2D eigenvalue weighted by Crippen LogP contribution is -2.19. The van der Waals surface area contributed by atoms with E-state index in [0.29, 0.717) is 5.56 Å². The first kappa shape index (κ1) is 14.6. The average molecular weight is 296 g/mol. The number of ether oxygens (including phenoxy) is 1. The Morgan fingerprint density at radius 2 is 1.86 bits per heavy atom. The lowest BCUT2D eigenvalue weighted by Gasteiger charge is -2.07. The summed E-state index contributed by atoms with van der Waals surface area (Å²) < 4.78 is 29.4. The number of rotatable bonds is 5. The van der Waals surface area contributed by atoms with Crippen molar-refractivity contribution < 1.29 is 18.4 Å². The molecule has 2 rings (SSSR count). The fourth-order valence-corrected chi connectivity index (χ4v) is 1.72. The molecule has 1 aromatic carbocycles. The molecule has 0 unspecified atom stereocenters. The maximum absolute atomic E-state index is 12.0. The van der Waals surface area contributed by atoms with Crippen molar-refractivity contribution in [3.8, 4) is 5.75 Å². The summed E-state index contributed by atoms with van der Waals surface area (Å²) in [4.78, 5) is 21.7. The summed E-state index contributed by atoms with van der Waals surface area (Å²) in [5, 5.41) is 10.7. The molecule has 8 heteroatoms. The number of aromatic nitrogens is 1. The molecule has 0 spiro atoms. The third-order valence-electron chi connectivity index (χ3n) is 2.68. The highest BCUT2D eigenvalue weighted by Crippen LogP contribution is 2.16. The molecule has 0 bridgehead atoms.